The van der Waals surface area contributed by atoms with E-state index in [4.69, 9.17) is 16.7 Å². The zero-order chi connectivity index (χ0) is 14.8. The average molecular weight is 317 g/mol. The molecule has 0 aromatic heterocycles. The van der Waals surface area contributed by atoms with Crippen molar-refractivity contribution in [3.63, 3.8) is 0 Å². The highest BCUT2D eigenvalue weighted by Crippen LogP contribution is 2.30. The number of hydrogen-bond donors (Lipinski definition) is 2. The SMILES string of the molecule is CC1CCCC(CNc2cc(S(N)(=O)=O)ccc2Cl)C1. The molecule has 1 saturated carbocycles. The number of nitrogens with one attached hydrogen (secondary N) is 1. The third-order valence-corrected chi connectivity index (χ3v) is 5.13. The minimum atomic E-state index is -3.69. The van der Waals surface area contributed by atoms with Gasteiger partial charge in [0.1, 0.15) is 0 Å². The molecule has 0 amide bonds. The lowest BCUT2D eigenvalue weighted by molar-refractivity contribution is 0.293. The van der Waals surface area contributed by atoms with Gasteiger partial charge in [0.2, 0.25) is 10.0 Å². The summed E-state index contributed by atoms with van der Waals surface area (Å²) in [7, 11) is -3.69. The molecule has 20 heavy (non-hydrogen) atoms. The summed E-state index contributed by atoms with van der Waals surface area (Å²) in [5.74, 6) is 1.38. The van der Waals surface area contributed by atoms with Crippen molar-refractivity contribution in [1.29, 1.82) is 0 Å². The summed E-state index contributed by atoms with van der Waals surface area (Å²) >= 11 is 6.09. The second-order valence-corrected chi connectivity index (χ2v) is 7.67. The molecule has 2 unspecified atom stereocenters. The van der Waals surface area contributed by atoms with Crippen molar-refractivity contribution >= 4 is 27.3 Å². The van der Waals surface area contributed by atoms with E-state index in [0.717, 1.165) is 12.5 Å². The molecule has 2 atom stereocenters. The van der Waals surface area contributed by atoms with E-state index in [2.05, 4.69) is 12.2 Å². The van der Waals surface area contributed by atoms with E-state index >= 15 is 0 Å². The molecule has 2 rings (SSSR count). The predicted molar refractivity (Wildman–Crippen MR) is 82.4 cm³/mol. The van der Waals surface area contributed by atoms with Crippen LogP contribution in [0.4, 0.5) is 5.69 Å². The molecule has 3 N–H and O–H groups in total. The molecule has 0 saturated heterocycles. The molecule has 0 spiro atoms. The Labute approximate surface area is 125 Å². The van der Waals surface area contributed by atoms with Gasteiger partial charge >= 0.3 is 0 Å². The van der Waals surface area contributed by atoms with E-state index in [0.29, 0.717) is 16.6 Å². The Balaban J connectivity index is 2.05. The van der Waals surface area contributed by atoms with Crippen LogP contribution in [0.5, 0.6) is 0 Å². The molecule has 0 aliphatic heterocycles. The lowest BCUT2D eigenvalue weighted by Crippen LogP contribution is -2.21. The summed E-state index contributed by atoms with van der Waals surface area (Å²) in [6.45, 7) is 3.10. The van der Waals surface area contributed by atoms with Crippen LogP contribution in [0.25, 0.3) is 0 Å². The largest absolute Gasteiger partial charge is 0.384 e. The molecule has 6 heteroatoms. The number of sulfonamides is 1. The highest BCUT2D eigenvalue weighted by molar-refractivity contribution is 7.89. The first-order valence-corrected chi connectivity index (χ1v) is 8.85. The van der Waals surface area contributed by atoms with Gasteiger partial charge < -0.3 is 5.32 Å². The first-order valence-electron chi connectivity index (χ1n) is 6.92. The van der Waals surface area contributed by atoms with Gasteiger partial charge in [-0.25, -0.2) is 13.6 Å². The lowest BCUT2D eigenvalue weighted by Gasteiger charge is -2.27. The number of primary sulfonamides is 1. The van der Waals surface area contributed by atoms with Crippen molar-refractivity contribution in [2.45, 2.75) is 37.5 Å². The number of hydrogen-bond acceptors (Lipinski definition) is 3. The van der Waals surface area contributed by atoms with Crippen molar-refractivity contribution in [3.05, 3.63) is 23.2 Å². The van der Waals surface area contributed by atoms with Crippen LogP contribution in [0.1, 0.15) is 32.6 Å². The molecule has 1 fully saturated rings. The predicted octanol–water partition coefficient (Wildman–Crippen LogP) is 3.23. The number of benzene rings is 1. The summed E-state index contributed by atoms with van der Waals surface area (Å²) in [6.07, 6.45) is 4.99. The van der Waals surface area contributed by atoms with Crippen LogP contribution in [0, 0.1) is 11.8 Å². The Hall–Kier alpha value is -0.780. The minimum absolute atomic E-state index is 0.0846. The smallest absolute Gasteiger partial charge is 0.238 e. The maximum atomic E-state index is 11.4. The van der Waals surface area contributed by atoms with E-state index < -0.39 is 10.0 Å². The van der Waals surface area contributed by atoms with Crippen LogP contribution >= 0.6 is 11.6 Å². The zero-order valence-corrected chi connectivity index (χ0v) is 13.2. The van der Waals surface area contributed by atoms with Crippen LogP contribution in [0.15, 0.2) is 23.1 Å². The molecule has 0 heterocycles. The van der Waals surface area contributed by atoms with Crippen LogP contribution < -0.4 is 10.5 Å². The van der Waals surface area contributed by atoms with Crippen molar-refractivity contribution in [2.75, 3.05) is 11.9 Å². The summed E-state index contributed by atoms with van der Waals surface area (Å²) in [4.78, 5) is 0.0846. The standard InChI is InChI=1S/C14H21ClN2O2S/c1-10-3-2-4-11(7-10)9-17-14-8-12(20(16,18)19)5-6-13(14)15/h5-6,8,10-11,17H,2-4,7,9H2,1H3,(H2,16,18,19). The quantitative estimate of drug-likeness (QED) is 0.895. The molecule has 0 radical (unpaired) electrons. The molecule has 1 aromatic rings. The first-order chi connectivity index (χ1) is 9.36. The van der Waals surface area contributed by atoms with Gasteiger partial charge in [-0.05, 0) is 42.9 Å². The Kier molecular flexibility index (Phi) is 4.94. The average Bonchev–Trinajstić information content (AvgIpc) is 2.36. The van der Waals surface area contributed by atoms with E-state index in [9.17, 15) is 8.42 Å². The van der Waals surface area contributed by atoms with Gasteiger partial charge in [-0.15, -0.1) is 0 Å². The zero-order valence-electron chi connectivity index (χ0n) is 11.6. The van der Waals surface area contributed by atoms with Gasteiger partial charge in [0.25, 0.3) is 0 Å². The molecular formula is C14H21ClN2O2S. The highest BCUT2D eigenvalue weighted by atomic mass is 35.5. The molecule has 112 valence electrons. The van der Waals surface area contributed by atoms with Gasteiger partial charge in [0.15, 0.2) is 0 Å². The third kappa shape index (κ3) is 4.11. The Morgan fingerprint density at radius 2 is 2.15 bits per heavy atom. The van der Waals surface area contributed by atoms with Crippen molar-refractivity contribution < 1.29 is 8.42 Å². The van der Waals surface area contributed by atoms with Crippen molar-refractivity contribution in [2.24, 2.45) is 17.0 Å². The number of nitrogens with two attached hydrogens (primary N) is 1. The third-order valence-electron chi connectivity index (χ3n) is 3.89. The molecule has 1 aromatic carbocycles. The van der Waals surface area contributed by atoms with Gasteiger partial charge in [-0.3, -0.25) is 0 Å². The maximum Gasteiger partial charge on any atom is 0.238 e. The molecular weight excluding hydrogens is 296 g/mol. The van der Waals surface area contributed by atoms with Crippen molar-refractivity contribution in [1.82, 2.24) is 0 Å². The van der Waals surface area contributed by atoms with Gasteiger partial charge in [0.05, 0.1) is 15.6 Å². The molecule has 4 nitrogen and oxygen atoms in total. The topological polar surface area (TPSA) is 72.2 Å². The van der Waals surface area contributed by atoms with Crippen LogP contribution in [0.2, 0.25) is 5.02 Å². The number of rotatable bonds is 4. The fourth-order valence-corrected chi connectivity index (χ4v) is 3.54. The second kappa shape index (κ2) is 6.33. The summed E-state index contributed by atoms with van der Waals surface area (Å²) < 4.78 is 22.7. The normalized spacial score (nSPS) is 23.6. The van der Waals surface area contributed by atoms with Gasteiger partial charge in [-0.2, -0.15) is 0 Å². The van der Waals surface area contributed by atoms with Crippen LogP contribution in [-0.4, -0.2) is 15.0 Å². The first kappa shape index (κ1) is 15.6. The Morgan fingerprint density at radius 3 is 2.80 bits per heavy atom. The molecule has 1 aliphatic rings. The lowest BCUT2D eigenvalue weighted by atomic mass is 9.82. The Morgan fingerprint density at radius 1 is 1.40 bits per heavy atom. The van der Waals surface area contributed by atoms with E-state index in [-0.39, 0.29) is 4.90 Å². The van der Waals surface area contributed by atoms with E-state index in [1.165, 1.54) is 37.8 Å². The van der Waals surface area contributed by atoms with Crippen LogP contribution in [-0.2, 0) is 10.0 Å². The number of anilines is 1. The van der Waals surface area contributed by atoms with E-state index in [1.807, 2.05) is 0 Å². The summed E-state index contributed by atoms with van der Waals surface area (Å²) in [5, 5.41) is 8.91. The second-order valence-electron chi connectivity index (χ2n) is 5.71. The summed E-state index contributed by atoms with van der Waals surface area (Å²) in [6, 6.07) is 4.49. The highest BCUT2D eigenvalue weighted by Gasteiger charge is 2.19. The maximum absolute atomic E-state index is 11.4. The number of halogens is 1. The molecule has 0 bridgehead atoms. The van der Waals surface area contributed by atoms with Crippen molar-refractivity contribution in [3.8, 4) is 0 Å². The Bertz CT molecular complexity index is 575. The fraction of sp³-hybridized carbons (Fsp3) is 0.571. The van der Waals surface area contributed by atoms with E-state index in [1.54, 1.807) is 6.07 Å². The minimum Gasteiger partial charge on any atom is -0.384 e. The monoisotopic (exact) mass is 316 g/mol. The fourth-order valence-electron chi connectivity index (χ4n) is 2.82. The molecule has 1 aliphatic carbocycles. The summed E-state index contributed by atoms with van der Waals surface area (Å²) in [5.41, 5.74) is 0.636. The van der Waals surface area contributed by atoms with Crippen LogP contribution in [0.3, 0.4) is 0 Å². The van der Waals surface area contributed by atoms with Gasteiger partial charge in [-0.1, -0.05) is 31.4 Å². The van der Waals surface area contributed by atoms with Gasteiger partial charge in [0, 0.05) is 6.54 Å².